The zero-order valence-electron chi connectivity index (χ0n) is 17.9. The number of pyridine rings is 1. The number of rotatable bonds is 5. The number of ether oxygens (including phenoxy) is 1. The monoisotopic (exact) mass is 445 g/mol. The molecule has 0 saturated carbocycles. The van der Waals surface area contributed by atoms with Crippen molar-refractivity contribution < 1.29 is 4.74 Å². The van der Waals surface area contributed by atoms with Gasteiger partial charge in [-0.1, -0.05) is 23.7 Å². The number of hydrogen-bond acceptors (Lipinski definition) is 6. The van der Waals surface area contributed by atoms with Gasteiger partial charge in [0.2, 0.25) is 5.95 Å². The van der Waals surface area contributed by atoms with Crippen LogP contribution in [0.1, 0.15) is 11.3 Å². The molecule has 0 N–H and O–H groups in total. The van der Waals surface area contributed by atoms with E-state index in [1.54, 1.807) is 7.11 Å². The second kappa shape index (κ2) is 9.01. The van der Waals surface area contributed by atoms with E-state index in [0.717, 1.165) is 60.9 Å². The van der Waals surface area contributed by atoms with Crippen LogP contribution in [0.15, 0.2) is 67.0 Å². The molecule has 5 rings (SSSR count). The second-order valence-corrected chi connectivity index (χ2v) is 8.27. The number of hydrogen-bond donors (Lipinski definition) is 0. The zero-order valence-corrected chi connectivity index (χ0v) is 18.7. The summed E-state index contributed by atoms with van der Waals surface area (Å²) in [4.78, 5) is 18.5. The number of halogens is 1. The van der Waals surface area contributed by atoms with Crippen molar-refractivity contribution in [3.63, 3.8) is 0 Å². The van der Waals surface area contributed by atoms with Gasteiger partial charge in [-0.25, -0.2) is 9.97 Å². The van der Waals surface area contributed by atoms with Gasteiger partial charge in [0.05, 0.1) is 18.3 Å². The van der Waals surface area contributed by atoms with Crippen molar-refractivity contribution in [1.29, 1.82) is 0 Å². The normalized spacial score (nSPS) is 14.1. The molecule has 0 amide bonds. The van der Waals surface area contributed by atoms with E-state index in [4.69, 9.17) is 21.3 Å². The summed E-state index contributed by atoms with van der Waals surface area (Å²) in [6.45, 7) is 3.52. The summed E-state index contributed by atoms with van der Waals surface area (Å²) in [6.07, 6.45) is 4.48. The van der Waals surface area contributed by atoms with Gasteiger partial charge in [-0.05, 0) is 48.0 Å². The summed E-state index contributed by atoms with van der Waals surface area (Å²) in [5.41, 5.74) is 4.33. The molecular formula is C25H24ClN5O. The van der Waals surface area contributed by atoms with Crippen LogP contribution in [0.3, 0.4) is 0 Å². The van der Waals surface area contributed by atoms with Crippen molar-refractivity contribution in [1.82, 2.24) is 15.0 Å². The first-order valence-corrected chi connectivity index (χ1v) is 11.1. The first-order valence-electron chi connectivity index (χ1n) is 10.7. The van der Waals surface area contributed by atoms with Crippen LogP contribution in [0.2, 0.25) is 5.02 Å². The Bertz CT molecular complexity index is 1220. The predicted octanol–water partition coefficient (Wildman–Crippen LogP) is 4.60. The molecule has 0 aliphatic carbocycles. The van der Waals surface area contributed by atoms with E-state index in [1.165, 1.54) is 11.3 Å². The fourth-order valence-corrected chi connectivity index (χ4v) is 4.28. The van der Waals surface area contributed by atoms with Crippen molar-refractivity contribution in [3.8, 4) is 5.75 Å². The molecule has 0 spiro atoms. The van der Waals surface area contributed by atoms with Crippen molar-refractivity contribution >= 4 is 34.1 Å². The molecule has 3 heterocycles. The minimum atomic E-state index is 0.707. The minimum absolute atomic E-state index is 0.707. The Hall–Kier alpha value is -3.38. The van der Waals surface area contributed by atoms with E-state index in [-0.39, 0.29) is 0 Å². The molecule has 0 bridgehead atoms. The SMILES string of the molecule is COc1ccc(Cc2ccnc(N3CCN(c4ccnc5cc(Cl)ccc45)CC3)n2)cc1. The van der Waals surface area contributed by atoms with Gasteiger partial charge in [-0.3, -0.25) is 4.98 Å². The molecule has 1 saturated heterocycles. The Morgan fingerprint density at radius 2 is 1.62 bits per heavy atom. The molecule has 0 unspecified atom stereocenters. The van der Waals surface area contributed by atoms with Crippen LogP contribution in [-0.4, -0.2) is 48.2 Å². The van der Waals surface area contributed by atoms with Crippen LogP contribution < -0.4 is 14.5 Å². The molecule has 0 atom stereocenters. The lowest BCUT2D eigenvalue weighted by Crippen LogP contribution is -2.47. The van der Waals surface area contributed by atoms with Gasteiger partial charge < -0.3 is 14.5 Å². The lowest BCUT2D eigenvalue weighted by molar-refractivity contribution is 0.414. The predicted molar refractivity (Wildman–Crippen MR) is 129 cm³/mol. The molecule has 7 heteroatoms. The van der Waals surface area contributed by atoms with Gasteiger partial charge in [0, 0.05) is 61.1 Å². The molecule has 1 aliphatic rings. The maximum atomic E-state index is 6.14. The Morgan fingerprint density at radius 3 is 2.41 bits per heavy atom. The highest BCUT2D eigenvalue weighted by Gasteiger charge is 2.21. The number of aromatic nitrogens is 3. The topological polar surface area (TPSA) is 54.4 Å². The van der Waals surface area contributed by atoms with Crippen LogP contribution in [0.4, 0.5) is 11.6 Å². The standard InChI is InChI=1S/C25H24ClN5O/c1-32-21-5-2-18(3-6-21)16-20-8-10-28-25(29-20)31-14-12-30(13-15-31)24-9-11-27-23-17-19(26)4-7-22(23)24/h2-11,17H,12-16H2,1H3. The molecule has 1 aliphatic heterocycles. The van der Waals surface area contributed by atoms with Crippen LogP contribution in [0.5, 0.6) is 5.75 Å². The van der Waals surface area contributed by atoms with E-state index >= 15 is 0 Å². The zero-order chi connectivity index (χ0) is 21.9. The number of anilines is 2. The molecule has 0 radical (unpaired) electrons. The molecule has 32 heavy (non-hydrogen) atoms. The van der Waals surface area contributed by atoms with E-state index in [9.17, 15) is 0 Å². The van der Waals surface area contributed by atoms with Crippen LogP contribution in [0, 0.1) is 0 Å². The molecule has 2 aromatic carbocycles. The number of fused-ring (bicyclic) bond motifs is 1. The Balaban J connectivity index is 1.28. The quantitative estimate of drug-likeness (QED) is 0.447. The summed E-state index contributed by atoms with van der Waals surface area (Å²) in [6, 6.07) is 18.1. The number of nitrogens with zero attached hydrogens (tertiary/aromatic N) is 5. The third kappa shape index (κ3) is 4.32. The highest BCUT2D eigenvalue weighted by Crippen LogP contribution is 2.28. The van der Waals surface area contributed by atoms with E-state index in [0.29, 0.717) is 5.02 Å². The first kappa shape index (κ1) is 20.5. The second-order valence-electron chi connectivity index (χ2n) is 7.84. The lowest BCUT2D eigenvalue weighted by Gasteiger charge is -2.36. The van der Waals surface area contributed by atoms with Crippen LogP contribution >= 0.6 is 11.6 Å². The molecule has 1 fully saturated rings. The first-order chi connectivity index (χ1) is 15.7. The van der Waals surface area contributed by atoms with Crippen LogP contribution in [0.25, 0.3) is 10.9 Å². The third-order valence-electron chi connectivity index (χ3n) is 5.83. The Morgan fingerprint density at radius 1 is 0.875 bits per heavy atom. The fraction of sp³-hybridized carbons (Fsp3) is 0.240. The highest BCUT2D eigenvalue weighted by atomic mass is 35.5. The number of benzene rings is 2. The van der Waals surface area contributed by atoms with Gasteiger partial charge in [-0.2, -0.15) is 0 Å². The lowest BCUT2D eigenvalue weighted by atomic mass is 10.1. The molecular weight excluding hydrogens is 422 g/mol. The van der Waals surface area contributed by atoms with E-state index < -0.39 is 0 Å². The van der Waals surface area contributed by atoms with Gasteiger partial charge in [0.15, 0.2) is 0 Å². The third-order valence-corrected chi connectivity index (χ3v) is 6.06. The highest BCUT2D eigenvalue weighted by molar-refractivity contribution is 6.31. The molecule has 2 aromatic heterocycles. The van der Waals surface area contributed by atoms with Crippen molar-refractivity contribution in [2.75, 3.05) is 43.1 Å². The number of piperazine rings is 1. The maximum Gasteiger partial charge on any atom is 0.225 e. The summed E-state index contributed by atoms with van der Waals surface area (Å²) in [5.74, 6) is 1.65. The summed E-state index contributed by atoms with van der Waals surface area (Å²) < 4.78 is 5.24. The molecule has 6 nitrogen and oxygen atoms in total. The maximum absolute atomic E-state index is 6.14. The Kier molecular flexibility index (Phi) is 5.77. The van der Waals surface area contributed by atoms with Crippen LogP contribution in [-0.2, 0) is 6.42 Å². The van der Waals surface area contributed by atoms with Crippen molar-refractivity contribution in [2.24, 2.45) is 0 Å². The summed E-state index contributed by atoms with van der Waals surface area (Å²) in [7, 11) is 1.68. The molecule has 162 valence electrons. The minimum Gasteiger partial charge on any atom is -0.497 e. The smallest absolute Gasteiger partial charge is 0.225 e. The Labute approximate surface area is 192 Å². The van der Waals surface area contributed by atoms with Gasteiger partial charge in [-0.15, -0.1) is 0 Å². The summed E-state index contributed by atoms with van der Waals surface area (Å²) >= 11 is 6.14. The fourth-order valence-electron chi connectivity index (χ4n) is 4.12. The van der Waals surface area contributed by atoms with E-state index in [2.05, 4.69) is 44.0 Å². The van der Waals surface area contributed by atoms with E-state index in [1.807, 2.05) is 42.7 Å². The van der Waals surface area contributed by atoms with Crippen molar-refractivity contribution in [2.45, 2.75) is 6.42 Å². The number of methoxy groups -OCH3 is 1. The van der Waals surface area contributed by atoms with Crippen molar-refractivity contribution in [3.05, 3.63) is 83.3 Å². The molecule has 4 aromatic rings. The average molecular weight is 446 g/mol. The summed E-state index contributed by atoms with van der Waals surface area (Å²) in [5, 5.41) is 1.83. The van der Waals surface area contributed by atoms with Gasteiger partial charge >= 0.3 is 0 Å². The van der Waals surface area contributed by atoms with Gasteiger partial charge in [0.1, 0.15) is 5.75 Å². The average Bonchev–Trinajstić information content (AvgIpc) is 2.84. The van der Waals surface area contributed by atoms with Gasteiger partial charge in [0.25, 0.3) is 0 Å². The largest absolute Gasteiger partial charge is 0.497 e.